The molecule has 144 valence electrons. The topological polar surface area (TPSA) is 56.6 Å². The summed E-state index contributed by atoms with van der Waals surface area (Å²) in [6.45, 7) is 14.9. The van der Waals surface area contributed by atoms with Gasteiger partial charge in [-0.05, 0) is 52.0 Å². The highest BCUT2D eigenvalue weighted by Gasteiger charge is 2.26. The van der Waals surface area contributed by atoms with Crippen LogP contribution in [0.15, 0.2) is 11.6 Å². The zero-order valence-electron chi connectivity index (χ0n) is 17.0. The Kier molecular flexibility index (Phi) is 8.46. The fourth-order valence-corrected chi connectivity index (χ4v) is 2.83. The number of piperazine rings is 1. The molecule has 0 saturated carbocycles. The highest BCUT2D eigenvalue weighted by molar-refractivity contribution is 5.91. The lowest BCUT2D eigenvalue weighted by molar-refractivity contribution is 0.0187. The van der Waals surface area contributed by atoms with Crippen LogP contribution in [0.4, 0.5) is 4.79 Å². The van der Waals surface area contributed by atoms with Crippen LogP contribution >= 0.6 is 0 Å². The summed E-state index contributed by atoms with van der Waals surface area (Å²) in [5, 5.41) is 8.45. The summed E-state index contributed by atoms with van der Waals surface area (Å²) >= 11 is 0. The van der Waals surface area contributed by atoms with Crippen molar-refractivity contribution in [2.75, 3.05) is 26.2 Å². The molecular formula is C20H37N3O2. The Bertz CT molecular complexity index is 472. The Hall–Kier alpha value is -1.52. The molecule has 0 radical (unpaired) electrons. The number of ether oxygens (including phenoxy) is 1. The second-order valence-electron chi connectivity index (χ2n) is 7.97. The summed E-state index contributed by atoms with van der Waals surface area (Å²) in [6, 6.07) is 0. The van der Waals surface area contributed by atoms with Crippen LogP contribution in [0.25, 0.3) is 0 Å². The van der Waals surface area contributed by atoms with Crippen molar-refractivity contribution in [1.29, 1.82) is 5.41 Å². The lowest BCUT2D eigenvalue weighted by Gasteiger charge is -2.36. The molecule has 0 aromatic heterocycles. The third-order valence-corrected chi connectivity index (χ3v) is 4.66. The fraction of sp³-hybridized carbons (Fsp3) is 0.800. The van der Waals surface area contributed by atoms with Crippen molar-refractivity contribution in [2.24, 2.45) is 5.92 Å². The van der Waals surface area contributed by atoms with Crippen LogP contribution in [-0.4, -0.2) is 53.5 Å². The maximum absolute atomic E-state index is 12.1. The van der Waals surface area contributed by atoms with Crippen LogP contribution in [0, 0.1) is 11.3 Å². The summed E-state index contributed by atoms with van der Waals surface area (Å²) in [6.07, 6.45) is 6.34. The lowest BCUT2D eigenvalue weighted by atomic mass is 9.93. The van der Waals surface area contributed by atoms with E-state index in [4.69, 9.17) is 10.1 Å². The molecular weight excluding hydrogens is 314 g/mol. The number of nitrogens with zero attached hydrogens (tertiary/aromatic N) is 2. The van der Waals surface area contributed by atoms with E-state index in [-0.39, 0.29) is 6.09 Å². The van der Waals surface area contributed by atoms with Gasteiger partial charge in [-0.15, -0.1) is 0 Å². The number of hydrogen-bond donors (Lipinski definition) is 1. The van der Waals surface area contributed by atoms with Gasteiger partial charge in [0.05, 0.1) is 0 Å². The molecule has 1 saturated heterocycles. The van der Waals surface area contributed by atoms with Crippen molar-refractivity contribution >= 4 is 11.9 Å². The molecule has 0 aromatic rings. The van der Waals surface area contributed by atoms with Crippen molar-refractivity contribution in [3.05, 3.63) is 11.6 Å². The van der Waals surface area contributed by atoms with Crippen LogP contribution in [0.3, 0.4) is 0 Å². The second-order valence-corrected chi connectivity index (χ2v) is 7.97. The number of nitrogens with one attached hydrogen (secondary N) is 1. The molecule has 1 fully saturated rings. The van der Waals surface area contributed by atoms with E-state index < -0.39 is 5.60 Å². The third kappa shape index (κ3) is 7.49. The normalized spacial score (nSPS) is 17.4. The standard InChI is InChI=1S/C20H37N3O2/c1-7-9-10-17(16(3)8-2)15-18(21)22-11-13-23(14-12-22)19(24)25-20(4,5)6/h15-16,21H,7-14H2,1-6H3/b17-15-,21-18?. The molecule has 5 heteroatoms. The summed E-state index contributed by atoms with van der Waals surface area (Å²) in [4.78, 5) is 15.9. The first kappa shape index (κ1) is 21.5. The van der Waals surface area contributed by atoms with Crippen LogP contribution in [0.2, 0.25) is 0 Å². The Morgan fingerprint density at radius 2 is 1.72 bits per heavy atom. The number of amidine groups is 1. The minimum absolute atomic E-state index is 0.252. The van der Waals surface area contributed by atoms with Gasteiger partial charge in [-0.2, -0.15) is 0 Å². The Labute approximate surface area is 153 Å². The van der Waals surface area contributed by atoms with Gasteiger partial charge in [-0.3, -0.25) is 5.41 Å². The maximum atomic E-state index is 12.1. The maximum Gasteiger partial charge on any atom is 0.410 e. The number of carbonyl (C=O) groups excluding carboxylic acids is 1. The lowest BCUT2D eigenvalue weighted by Crippen LogP contribution is -2.51. The number of amides is 1. The van der Waals surface area contributed by atoms with E-state index in [1.54, 1.807) is 4.90 Å². The highest BCUT2D eigenvalue weighted by atomic mass is 16.6. The minimum atomic E-state index is -0.464. The van der Waals surface area contributed by atoms with E-state index in [0.29, 0.717) is 37.9 Å². The van der Waals surface area contributed by atoms with Crippen molar-refractivity contribution in [2.45, 2.75) is 72.8 Å². The average Bonchev–Trinajstić information content (AvgIpc) is 2.56. The van der Waals surface area contributed by atoms with Gasteiger partial charge in [0.1, 0.15) is 11.4 Å². The Balaban J connectivity index is 2.61. The molecule has 1 aliphatic heterocycles. The monoisotopic (exact) mass is 351 g/mol. The Morgan fingerprint density at radius 3 is 2.20 bits per heavy atom. The molecule has 1 amide bonds. The van der Waals surface area contributed by atoms with E-state index in [2.05, 4.69) is 31.7 Å². The van der Waals surface area contributed by atoms with Gasteiger partial charge in [0.15, 0.2) is 0 Å². The molecule has 5 nitrogen and oxygen atoms in total. The van der Waals surface area contributed by atoms with Gasteiger partial charge in [0.25, 0.3) is 0 Å². The van der Waals surface area contributed by atoms with E-state index in [1.165, 1.54) is 18.4 Å². The average molecular weight is 352 g/mol. The third-order valence-electron chi connectivity index (χ3n) is 4.66. The molecule has 0 spiro atoms. The number of hydrogen-bond acceptors (Lipinski definition) is 3. The summed E-state index contributed by atoms with van der Waals surface area (Å²) in [7, 11) is 0. The van der Waals surface area contributed by atoms with Gasteiger partial charge >= 0.3 is 6.09 Å². The molecule has 0 aliphatic carbocycles. The van der Waals surface area contributed by atoms with Gasteiger partial charge in [-0.1, -0.05) is 32.8 Å². The molecule has 1 unspecified atom stereocenters. The number of carbonyl (C=O) groups is 1. The van der Waals surface area contributed by atoms with Crippen LogP contribution in [-0.2, 0) is 4.74 Å². The molecule has 1 N–H and O–H groups in total. The number of allylic oxidation sites excluding steroid dienone is 1. The first-order chi connectivity index (χ1) is 11.7. The van der Waals surface area contributed by atoms with Crippen molar-refractivity contribution < 1.29 is 9.53 Å². The van der Waals surface area contributed by atoms with Gasteiger partial charge in [-0.25, -0.2) is 4.79 Å². The van der Waals surface area contributed by atoms with Crippen molar-refractivity contribution in [3.63, 3.8) is 0 Å². The molecule has 0 bridgehead atoms. The largest absolute Gasteiger partial charge is 0.444 e. The van der Waals surface area contributed by atoms with E-state index in [1.807, 2.05) is 20.8 Å². The smallest absolute Gasteiger partial charge is 0.410 e. The predicted octanol–water partition coefficient (Wildman–Crippen LogP) is 4.68. The van der Waals surface area contributed by atoms with Gasteiger partial charge in [0, 0.05) is 26.2 Å². The van der Waals surface area contributed by atoms with Gasteiger partial charge < -0.3 is 14.5 Å². The van der Waals surface area contributed by atoms with Crippen LogP contribution in [0.5, 0.6) is 0 Å². The van der Waals surface area contributed by atoms with E-state index in [0.717, 1.165) is 12.8 Å². The van der Waals surface area contributed by atoms with Crippen molar-refractivity contribution in [1.82, 2.24) is 9.80 Å². The quantitative estimate of drug-likeness (QED) is 0.558. The summed E-state index contributed by atoms with van der Waals surface area (Å²) in [5.41, 5.74) is 0.914. The molecule has 1 aliphatic rings. The molecule has 1 rings (SSSR count). The Morgan fingerprint density at radius 1 is 1.16 bits per heavy atom. The van der Waals surface area contributed by atoms with Crippen LogP contribution in [0.1, 0.15) is 67.2 Å². The first-order valence-electron chi connectivity index (χ1n) is 9.69. The summed E-state index contributed by atoms with van der Waals surface area (Å²) in [5.74, 6) is 1.10. The zero-order chi connectivity index (χ0) is 19.0. The molecule has 0 aromatic carbocycles. The SMILES string of the molecule is CCCC/C(=C/C(=N)N1CCN(C(=O)OC(C)(C)C)CC1)C(C)CC. The molecule has 1 atom stereocenters. The van der Waals surface area contributed by atoms with E-state index >= 15 is 0 Å². The second kappa shape index (κ2) is 9.83. The van der Waals surface area contributed by atoms with Crippen LogP contribution < -0.4 is 0 Å². The highest BCUT2D eigenvalue weighted by Crippen LogP contribution is 2.21. The van der Waals surface area contributed by atoms with Gasteiger partial charge in [0.2, 0.25) is 0 Å². The van der Waals surface area contributed by atoms with Crippen molar-refractivity contribution in [3.8, 4) is 0 Å². The van der Waals surface area contributed by atoms with E-state index in [9.17, 15) is 4.79 Å². The summed E-state index contributed by atoms with van der Waals surface area (Å²) < 4.78 is 5.43. The fourth-order valence-electron chi connectivity index (χ4n) is 2.83. The predicted molar refractivity (Wildman–Crippen MR) is 104 cm³/mol. The first-order valence-corrected chi connectivity index (χ1v) is 9.69. The molecule has 25 heavy (non-hydrogen) atoms. The number of unbranched alkanes of at least 4 members (excludes halogenated alkanes) is 1. The molecule has 1 heterocycles. The zero-order valence-corrected chi connectivity index (χ0v) is 17.0. The number of rotatable bonds is 6. The minimum Gasteiger partial charge on any atom is -0.444 e.